The quantitative estimate of drug-likeness (QED) is 0.725. The molecule has 2 nitrogen and oxygen atoms in total. The summed E-state index contributed by atoms with van der Waals surface area (Å²) < 4.78 is 5.36. The molecule has 1 aromatic carbocycles. The SMILES string of the molecule is CCCOc1ccccc1.N. The zero-order chi connectivity index (χ0) is 7.23. The van der Waals surface area contributed by atoms with Crippen molar-refractivity contribution in [3.8, 4) is 5.75 Å². The van der Waals surface area contributed by atoms with Gasteiger partial charge < -0.3 is 10.9 Å². The van der Waals surface area contributed by atoms with E-state index < -0.39 is 0 Å². The van der Waals surface area contributed by atoms with Crippen molar-refractivity contribution in [3.05, 3.63) is 30.3 Å². The van der Waals surface area contributed by atoms with Gasteiger partial charge in [-0.05, 0) is 18.6 Å². The Kier molecular flexibility index (Phi) is 5.21. The van der Waals surface area contributed by atoms with Gasteiger partial charge in [0, 0.05) is 0 Å². The lowest BCUT2D eigenvalue weighted by Gasteiger charge is -2.01. The lowest BCUT2D eigenvalue weighted by molar-refractivity contribution is 0.317. The van der Waals surface area contributed by atoms with Gasteiger partial charge in [-0.25, -0.2) is 0 Å². The van der Waals surface area contributed by atoms with E-state index in [1.165, 1.54) is 0 Å². The van der Waals surface area contributed by atoms with Gasteiger partial charge in [-0.3, -0.25) is 0 Å². The van der Waals surface area contributed by atoms with Crippen LogP contribution in [0.25, 0.3) is 0 Å². The molecule has 2 heteroatoms. The molecular weight excluding hydrogens is 138 g/mol. The Labute approximate surface area is 67.8 Å². The van der Waals surface area contributed by atoms with E-state index in [0.29, 0.717) is 0 Å². The van der Waals surface area contributed by atoms with Crippen LogP contribution in [0.1, 0.15) is 13.3 Å². The van der Waals surface area contributed by atoms with Crippen molar-refractivity contribution in [2.24, 2.45) is 0 Å². The first kappa shape index (κ1) is 9.98. The van der Waals surface area contributed by atoms with Crippen LogP contribution >= 0.6 is 0 Å². The van der Waals surface area contributed by atoms with Crippen LogP contribution in [0, 0.1) is 0 Å². The topological polar surface area (TPSA) is 44.2 Å². The Morgan fingerprint density at radius 3 is 2.36 bits per heavy atom. The van der Waals surface area contributed by atoms with E-state index in [4.69, 9.17) is 4.74 Å². The average molecular weight is 153 g/mol. The van der Waals surface area contributed by atoms with Gasteiger partial charge in [0.25, 0.3) is 0 Å². The van der Waals surface area contributed by atoms with Crippen molar-refractivity contribution in [1.82, 2.24) is 6.15 Å². The molecule has 0 aliphatic carbocycles. The molecule has 0 spiro atoms. The monoisotopic (exact) mass is 153 g/mol. The fourth-order valence-corrected chi connectivity index (χ4v) is 0.737. The highest BCUT2D eigenvalue weighted by molar-refractivity contribution is 5.20. The van der Waals surface area contributed by atoms with E-state index in [2.05, 4.69) is 6.92 Å². The number of hydrogen-bond donors (Lipinski definition) is 1. The molecule has 3 N–H and O–H groups in total. The molecule has 0 fully saturated rings. The molecular formula is C9H15NO. The predicted molar refractivity (Wildman–Crippen MR) is 47.3 cm³/mol. The standard InChI is InChI=1S/C9H12O.H3N/c1-2-8-10-9-6-4-3-5-7-9;/h3-7H,2,8H2,1H3;1H3. The van der Waals surface area contributed by atoms with E-state index in [1.54, 1.807) is 0 Å². The van der Waals surface area contributed by atoms with Crippen molar-refractivity contribution < 1.29 is 4.74 Å². The third-order valence-corrected chi connectivity index (χ3v) is 1.22. The van der Waals surface area contributed by atoms with E-state index in [0.717, 1.165) is 18.8 Å². The zero-order valence-corrected chi connectivity index (χ0v) is 6.92. The van der Waals surface area contributed by atoms with Crippen LogP contribution in [0.4, 0.5) is 0 Å². The molecule has 62 valence electrons. The van der Waals surface area contributed by atoms with Gasteiger partial charge in [0.2, 0.25) is 0 Å². The minimum absolute atomic E-state index is 0. The molecule has 11 heavy (non-hydrogen) atoms. The summed E-state index contributed by atoms with van der Waals surface area (Å²) >= 11 is 0. The average Bonchev–Trinajstić information content (AvgIpc) is 2.03. The van der Waals surface area contributed by atoms with Crippen molar-refractivity contribution in [1.29, 1.82) is 0 Å². The summed E-state index contributed by atoms with van der Waals surface area (Å²) in [5.41, 5.74) is 0. The van der Waals surface area contributed by atoms with E-state index in [9.17, 15) is 0 Å². The Bertz CT molecular complexity index is 174. The summed E-state index contributed by atoms with van der Waals surface area (Å²) in [6.45, 7) is 2.91. The minimum Gasteiger partial charge on any atom is -0.494 e. The summed E-state index contributed by atoms with van der Waals surface area (Å²) in [5.74, 6) is 0.962. The fourth-order valence-electron chi connectivity index (χ4n) is 0.737. The lowest BCUT2D eigenvalue weighted by Crippen LogP contribution is -1.93. The van der Waals surface area contributed by atoms with Crippen molar-refractivity contribution >= 4 is 0 Å². The summed E-state index contributed by atoms with van der Waals surface area (Å²) in [6, 6.07) is 9.88. The Hall–Kier alpha value is -1.02. The third kappa shape index (κ3) is 3.63. The lowest BCUT2D eigenvalue weighted by atomic mass is 10.3. The first-order valence-corrected chi connectivity index (χ1v) is 3.61. The highest BCUT2D eigenvalue weighted by atomic mass is 16.5. The molecule has 0 radical (unpaired) electrons. The Balaban J connectivity index is 0.000001000. The van der Waals surface area contributed by atoms with Crippen LogP contribution in [0.5, 0.6) is 5.75 Å². The maximum atomic E-state index is 5.36. The van der Waals surface area contributed by atoms with Gasteiger partial charge >= 0.3 is 0 Å². The number of hydrogen-bond acceptors (Lipinski definition) is 2. The largest absolute Gasteiger partial charge is 0.494 e. The van der Waals surface area contributed by atoms with Crippen molar-refractivity contribution in [2.75, 3.05) is 6.61 Å². The molecule has 1 rings (SSSR count). The van der Waals surface area contributed by atoms with Crippen LogP contribution in [0.3, 0.4) is 0 Å². The van der Waals surface area contributed by atoms with Crippen molar-refractivity contribution in [3.63, 3.8) is 0 Å². The minimum atomic E-state index is 0. The molecule has 0 saturated heterocycles. The van der Waals surface area contributed by atoms with Gasteiger partial charge in [-0.2, -0.15) is 0 Å². The van der Waals surface area contributed by atoms with E-state index in [1.807, 2.05) is 30.3 Å². The van der Waals surface area contributed by atoms with Gasteiger partial charge in [-0.15, -0.1) is 0 Å². The molecule has 0 unspecified atom stereocenters. The first-order chi connectivity index (χ1) is 4.93. The van der Waals surface area contributed by atoms with Gasteiger partial charge in [0.05, 0.1) is 6.61 Å². The number of rotatable bonds is 3. The summed E-state index contributed by atoms with van der Waals surface area (Å²) in [4.78, 5) is 0. The normalized spacial score (nSPS) is 8.45. The molecule has 0 aliphatic heterocycles. The van der Waals surface area contributed by atoms with E-state index >= 15 is 0 Å². The molecule has 1 aromatic rings. The first-order valence-electron chi connectivity index (χ1n) is 3.61. The van der Waals surface area contributed by atoms with Gasteiger partial charge in [-0.1, -0.05) is 25.1 Å². The number of para-hydroxylation sites is 1. The molecule has 0 heterocycles. The number of ether oxygens (including phenoxy) is 1. The maximum absolute atomic E-state index is 5.36. The maximum Gasteiger partial charge on any atom is 0.119 e. The van der Waals surface area contributed by atoms with Gasteiger partial charge in [0.1, 0.15) is 5.75 Å². The molecule has 0 aromatic heterocycles. The second-order valence-electron chi connectivity index (χ2n) is 2.16. The summed E-state index contributed by atoms with van der Waals surface area (Å²) in [7, 11) is 0. The van der Waals surface area contributed by atoms with Crippen LogP contribution in [-0.2, 0) is 0 Å². The highest BCUT2D eigenvalue weighted by Gasteiger charge is 1.86. The molecule has 0 saturated carbocycles. The van der Waals surface area contributed by atoms with Crippen LogP contribution < -0.4 is 10.9 Å². The zero-order valence-electron chi connectivity index (χ0n) is 6.92. The molecule has 0 bridgehead atoms. The Morgan fingerprint density at radius 1 is 1.18 bits per heavy atom. The third-order valence-electron chi connectivity index (χ3n) is 1.22. The number of benzene rings is 1. The Morgan fingerprint density at radius 2 is 1.82 bits per heavy atom. The predicted octanol–water partition coefficient (Wildman–Crippen LogP) is 2.64. The van der Waals surface area contributed by atoms with E-state index in [-0.39, 0.29) is 6.15 Å². The second kappa shape index (κ2) is 5.74. The molecule has 0 amide bonds. The second-order valence-corrected chi connectivity index (χ2v) is 2.16. The van der Waals surface area contributed by atoms with Crippen LogP contribution in [-0.4, -0.2) is 6.61 Å². The smallest absolute Gasteiger partial charge is 0.119 e. The summed E-state index contributed by atoms with van der Waals surface area (Å²) in [5, 5.41) is 0. The highest BCUT2D eigenvalue weighted by Crippen LogP contribution is 2.07. The van der Waals surface area contributed by atoms with Crippen molar-refractivity contribution in [2.45, 2.75) is 13.3 Å². The molecule has 0 atom stereocenters. The summed E-state index contributed by atoms with van der Waals surface area (Å²) in [6.07, 6.45) is 1.06. The molecule has 0 aliphatic rings. The van der Waals surface area contributed by atoms with Crippen LogP contribution in [0.15, 0.2) is 30.3 Å². The van der Waals surface area contributed by atoms with Crippen LogP contribution in [0.2, 0.25) is 0 Å². The van der Waals surface area contributed by atoms with Gasteiger partial charge in [0.15, 0.2) is 0 Å². The fraction of sp³-hybridized carbons (Fsp3) is 0.333.